The second-order valence-corrected chi connectivity index (χ2v) is 3.03. The van der Waals surface area contributed by atoms with Crippen LogP contribution in [0.1, 0.15) is 31.2 Å². The highest BCUT2D eigenvalue weighted by atomic mass is 16.5. The number of nitrogens with zero attached hydrogens (tertiary/aromatic N) is 2. The molecule has 80 valence electrons. The summed E-state index contributed by atoms with van der Waals surface area (Å²) in [6, 6.07) is 0. The summed E-state index contributed by atoms with van der Waals surface area (Å²) in [4.78, 5) is 4.25. The second-order valence-electron chi connectivity index (χ2n) is 3.03. The largest absolute Gasteiger partial charge is 0.373 e. The van der Waals surface area contributed by atoms with Gasteiger partial charge in [-0.1, -0.05) is 12.1 Å². The smallest absolute Gasteiger partial charge is 0.228 e. The fraction of sp³-hybridized carbons (Fsp3) is 0.778. The average molecular weight is 199 g/mol. The summed E-state index contributed by atoms with van der Waals surface area (Å²) in [6.45, 7) is 2.86. The molecule has 1 N–H and O–H groups in total. The molecule has 0 amide bonds. The van der Waals surface area contributed by atoms with Gasteiger partial charge in [-0.05, 0) is 13.5 Å². The Bertz CT molecular complexity index is 258. The zero-order chi connectivity index (χ0) is 10.4. The van der Waals surface area contributed by atoms with Crippen LogP contribution < -0.4 is 5.32 Å². The molecule has 0 aliphatic rings. The van der Waals surface area contributed by atoms with E-state index in [1.54, 1.807) is 7.11 Å². The van der Waals surface area contributed by atoms with Gasteiger partial charge in [-0.25, -0.2) is 0 Å². The Labute approximate surface area is 83.8 Å². The van der Waals surface area contributed by atoms with Crippen LogP contribution in [0.15, 0.2) is 4.52 Å². The highest BCUT2D eigenvalue weighted by Gasteiger charge is 2.15. The van der Waals surface area contributed by atoms with Crippen LogP contribution in [-0.4, -0.2) is 30.8 Å². The molecule has 1 aromatic heterocycles. The fourth-order valence-corrected chi connectivity index (χ4v) is 1.19. The fourth-order valence-electron chi connectivity index (χ4n) is 1.19. The van der Waals surface area contributed by atoms with Crippen LogP contribution in [0, 0.1) is 0 Å². The molecule has 14 heavy (non-hydrogen) atoms. The first-order chi connectivity index (χ1) is 6.81. The van der Waals surface area contributed by atoms with E-state index in [4.69, 9.17) is 9.26 Å². The van der Waals surface area contributed by atoms with Crippen LogP contribution in [0.3, 0.4) is 0 Å². The molecule has 0 aliphatic carbocycles. The topological polar surface area (TPSA) is 60.2 Å². The van der Waals surface area contributed by atoms with E-state index in [9.17, 15) is 0 Å². The summed E-state index contributed by atoms with van der Waals surface area (Å²) in [5.74, 6) is 1.30. The molecule has 0 saturated heterocycles. The molecule has 1 atom stereocenters. The summed E-state index contributed by atoms with van der Waals surface area (Å²) in [5, 5.41) is 6.90. The van der Waals surface area contributed by atoms with Crippen molar-refractivity contribution in [3.8, 4) is 0 Å². The average Bonchev–Trinajstić information content (AvgIpc) is 2.65. The lowest BCUT2D eigenvalue weighted by molar-refractivity contribution is 0.0903. The van der Waals surface area contributed by atoms with Gasteiger partial charge in [0.25, 0.3) is 0 Å². The molecule has 1 aromatic rings. The second kappa shape index (κ2) is 5.72. The Kier molecular flexibility index (Phi) is 4.55. The zero-order valence-electron chi connectivity index (χ0n) is 8.91. The molecule has 0 aromatic carbocycles. The summed E-state index contributed by atoms with van der Waals surface area (Å²) in [7, 11) is 3.54. The molecule has 5 heteroatoms. The van der Waals surface area contributed by atoms with Crippen molar-refractivity contribution < 1.29 is 9.26 Å². The normalized spacial score (nSPS) is 13.1. The minimum atomic E-state index is -0.0536. The number of ether oxygens (including phenoxy) is 1. The maximum Gasteiger partial charge on any atom is 0.228 e. The van der Waals surface area contributed by atoms with Gasteiger partial charge in [-0.2, -0.15) is 4.98 Å². The van der Waals surface area contributed by atoms with Crippen molar-refractivity contribution in [2.45, 2.75) is 25.9 Å². The molecule has 0 radical (unpaired) electrons. The zero-order valence-corrected chi connectivity index (χ0v) is 8.91. The van der Waals surface area contributed by atoms with E-state index in [0.717, 1.165) is 19.4 Å². The van der Waals surface area contributed by atoms with Crippen molar-refractivity contribution in [3.63, 3.8) is 0 Å². The molecule has 0 fully saturated rings. The number of methoxy groups -OCH3 is 1. The van der Waals surface area contributed by atoms with E-state index in [1.165, 1.54) is 0 Å². The van der Waals surface area contributed by atoms with E-state index in [-0.39, 0.29) is 6.10 Å². The van der Waals surface area contributed by atoms with Crippen LogP contribution in [0.25, 0.3) is 0 Å². The van der Waals surface area contributed by atoms with E-state index in [1.807, 2.05) is 14.0 Å². The van der Waals surface area contributed by atoms with Crippen LogP contribution in [-0.2, 0) is 11.2 Å². The van der Waals surface area contributed by atoms with E-state index in [2.05, 4.69) is 15.5 Å². The van der Waals surface area contributed by atoms with Gasteiger partial charge < -0.3 is 14.6 Å². The third-order valence-electron chi connectivity index (χ3n) is 2.02. The van der Waals surface area contributed by atoms with E-state index >= 15 is 0 Å². The maximum absolute atomic E-state index is 5.20. The van der Waals surface area contributed by atoms with E-state index < -0.39 is 0 Å². The Balaban J connectivity index is 2.57. The number of nitrogens with one attached hydrogen (secondary N) is 1. The molecular weight excluding hydrogens is 182 g/mol. The van der Waals surface area contributed by atoms with Gasteiger partial charge in [-0.15, -0.1) is 0 Å². The van der Waals surface area contributed by atoms with Gasteiger partial charge in [-0.3, -0.25) is 0 Å². The third kappa shape index (κ3) is 2.78. The Morgan fingerprint density at radius 1 is 1.57 bits per heavy atom. The van der Waals surface area contributed by atoms with Crippen LogP contribution in [0.4, 0.5) is 0 Å². The molecule has 0 saturated carbocycles. The lowest BCUT2D eigenvalue weighted by atomic mass is 10.2. The van der Waals surface area contributed by atoms with Gasteiger partial charge >= 0.3 is 0 Å². The van der Waals surface area contributed by atoms with Crippen molar-refractivity contribution in [1.82, 2.24) is 15.5 Å². The lowest BCUT2D eigenvalue weighted by Gasteiger charge is -2.05. The summed E-state index contributed by atoms with van der Waals surface area (Å²) >= 11 is 0. The van der Waals surface area contributed by atoms with Crippen molar-refractivity contribution in [2.75, 3.05) is 20.7 Å². The molecule has 0 spiro atoms. The summed E-state index contributed by atoms with van der Waals surface area (Å²) < 4.78 is 10.3. The minimum absolute atomic E-state index is 0.0536. The predicted octanol–water partition coefficient (Wildman–Crippen LogP) is 0.929. The predicted molar refractivity (Wildman–Crippen MR) is 52.0 cm³/mol. The molecule has 0 bridgehead atoms. The Morgan fingerprint density at radius 2 is 2.36 bits per heavy atom. The number of hydrogen-bond donors (Lipinski definition) is 1. The standard InChI is InChI=1S/C9H17N3O2/c1-4-7(13-3)9-11-8(14-12-9)5-6-10-2/h7,10H,4-6H2,1-3H3. The monoisotopic (exact) mass is 199 g/mol. The quantitative estimate of drug-likeness (QED) is 0.738. The number of likely N-dealkylation sites (N-methyl/N-ethyl adjacent to an activating group) is 1. The first-order valence-electron chi connectivity index (χ1n) is 4.81. The van der Waals surface area contributed by atoms with Crippen molar-refractivity contribution in [3.05, 3.63) is 11.7 Å². The van der Waals surface area contributed by atoms with E-state index in [0.29, 0.717) is 11.7 Å². The number of rotatable bonds is 6. The number of hydrogen-bond acceptors (Lipinski definition) is 5. The van der Waals surface area contributed by atoms with Crippen LogP contribution in [0.2, 0.25) is 0 Å². The minimum Gasteiger partial charge on any atom is -0.373 e. The van der Waals surface area contributed by atoms with Gasteiger partial charge in [0.05, 0.1) is 0 Å². The van der Waals surface area contributed by atoms with Crippen LogP contribution >= 0.6 is 0 Å². The maximum atomic E-state index is 5.20. The molecular formula is C9H17N3O2. The van der Waals surface area contributed by atoms with Crippen LogP contribution in [0.5, 0.6) is 0 Å². The van der Waals surface area contributed by atoms with Gasteiger partial charge in [0.1, 0.15) is 6.10 Å². The summed E-state index contributed by atoms with van der Waals surface area (Å²) in [6.07, 6.45) is 1.55. The molecule has 5 nitrogen and oxygen atoms in total. The van der Waals surface area contributed by atoms with Crippen molar-refractivity contribution >= 4 is 0 Å². The number of aromatic nitrogens is 2. The van der Waals surface area contributed by atoms with Crippen molar-refractivity contribution in [1.29, 1.82) is 0 Å². The molecule has 1 unspecified atom stereocenters. The highest BCUT2D eigenvalue weighted by Crippen LogP contribution is 2.16. The molecule has 1 heterocycles. The third-order valence-corrected chi connectivity index (χ3v) is 2.02. The lowest BCUT2D eigenvalue weighted by Crippen LogP contribution is -2.10. The Hall–Kier alpha value is -0.940. The SMILES string of the molecule is CCC(OC)c1noc(CCNC)n1. The Morgan fingerprint density at radius 3 is 2.93 bits per heavy atom. The first-order valence-corrected chi connectivity index (χ1v) is 4.81. The van der Waals surface area contributed by atoms with Gasteiger partial charge in [0, 0.05) is 20.1 Å². The van der Waals surface area contributed by atoms with Gasteiger partial charge in [0.15, 0.2) is 0 Å². The highest BCUT2D eigenvalue weighted by molar-refractivity contribution is 4.91. The molecule has 1 rings (SSSR count). The first kappa shape index (κ1) is 11.1. The summed E-state index contributed by atoms with van der Waals surface area (Å²) in [5.41, 5.74) is 0. The van der Waals surface area contributed by atoms with Crippen molar-refractivity contribution in [2.24, 2.45) is 0 Å². The molecule has 0 aliphatic heterocycles. The van der Waals surface area contributed by atoms with Gasteiger partial charge in [0.2, 0.25) is 11.7 Å².